The number of nitrogens with zero attached hydrogens (tertiary/aromatic N) is 1. The molecular weight excluding hydrogens is 400 g/mol. The fourth-order valence-electron chi connectivity index (χ4n) is 2.19. The quantitative estimate of drug-likeness (QED) is 0.237. The molecule has 0 radical (unpaired) electrons. The number of nitro benzene ring substituents is 1. The van der Waals surface area contributed by atoms with Crippen molar-refractivity contribution in [1.29, 1.82) is 0 Å². The van der Waals surface area contributed by atoms with Gasteiger partial charge in [0.2, 0.25) is 0 Å². The molecule has 166 valence electrons. The molecule has 0 unspecified atom stereocenters. The molecule has 31 heavy (non-hydrogen) atoms. The standard InChI is InChI=1S/C8H12N2O2.C7H10N2.C6H6N2O2/c1-11-7-3-6(10)8(12-2)4-5(7)9;1-9-7-4-2-6(8)3-5-7;7-5-1-3-6(4-2-5)8(9)10/h3-4H,9-10H2,1-2H3;2-5,9H,8H2,1H3;1-4H,7H2. The van der Waals surface area contributed by atoms with Crippen molar-refractivity contribution in [1.82, 2.24) is 0 Å². The molecule has 0 aliphatic carbocycles. The molecule has 10 heteroatoms. The Bertz CT molecular complexity index is 933. The molecule has 10 nitrogen and oxygen atoms in total. The van der Waals surface area contributed by atoms with E-state index in [9.17, 15) is 10.1 Å². The number of anilines is 5. The number of rotatable bonds is 4. The van der Waals surface area contributed by atoms with Crippen LogP contribution >= 0.6 is 0 Å². The second-order valence-corrected chi connectivity index (χ2v) is 6.06. The second kappa shape index (κ2) is 12.3. The molecule has 0 saturated carbocycles. The van der Waals surface area contributed by atoms with E-state index in [1.165, 1.54) is 38.5 Å². The highest BCUT2D eigenvalue weighted by molar-refractivity contribution is 5.67. The van der Waals surface area contributed by atoms with Crippen LogP contribution in [0.1, 0.15) is 0 Å². The van der Waals surface area contributed by atoms with E-state index >= 15 is 0 Å². The fourth-order valence-corrected chi connectivity index (χ4v) is 2.19. The number of non-ortho nitro benzene ring substituents is 1. The lowest BCUT2D eigenvalue weighted by Crippen LogP contribution is -1.97. The van der Waals surface area contributed by atoms with Gasteiger partial charge < -0.3 is 37.7 Å². The Morgan fingerprint density at radius 3 is 1.48 bits per heavy atom. The number of nitrogens with two attached hydrogens (primary N) is 4. The number of methoxy groups -OCH3 is 2. The highest BCUT2D eigenvalue weighted by atomic mass is 16.6. The van der Waals surface area contributed by atoms with Crippen LogP contribution in [0, 0.1) is 10.1 Å². The molecule has 3 aromatic rings. The Morgan fingerprint density at radius 2 is 1.16 bits per heavy atom. The van der Waals surface area contributed by atoms with Gasteiger partial charge in [-0.05, 0) is 36.4 Å². The van der Waals surface area contributed by atoms with Crippen molar-refractivity contribution >= 4 is 34.1 Å². The molecule has 9 N–H and O–H groups in total. The van der Waals surface area contributed by atoms with E-state index in [2.05, 4.69) is 5.32 Å². The molecule has 0 atom stereocenters. The highest BCUT2D eigenvalue weighted by Gasteiger charge is 2.05. The maximum absolute atomic E-state index is 10.1. The van der Waals surface area contributed by atoms with Crippen molar-refractivity contribution in [3.8, 4) is 11.5 Å². The first-order valence-corrected chi connectivity index (χ1v) is 9.02. The molecule has 3 aromatic carbocycles. The summed E-state index contributed by atoms with van der Waals surface area (Å²) in [6.07, 6.45) is 0. The predicted molar refractivity (Wildman–Crippen MR) is 126 cm³/mol. The summed E-state index contributed by atoms with van der Waals surface area (Å²) in [5, 5.41) is 13.1. The van der Waals surface area contributed by atoms with Gasteiger partial charge in [0, 0.05) is 48.4 Å². The molecule has 0 saturated heterocycles. The van der Waals surface area contributed by atoms with Gasteiger partial charge in [-0.15, -0.1) is 0 Å². The minimum absolute atomic E-state index is 0.0641. The van der Waals surface area contributed by atoms with Crippen LogP contribution in [-0.2, 0) is 0 Å². The van der Waals surface area contributed by atoms with E-state index < -0.39 is 4.92 Å². The molecule has 0 aliphatic heterocycles. The summed E-state index contributed by atoms with van der Waals surface area (Å²) in [6.45, 7) is 0. The lowest BCUT2D eigenvalue weighted by Gasteiger charge is -2.08. The summed E-state index contributed by atoms with van der Waals surface area (Å²) in [6, 6.07) is 16.6. The zero-order valence-electron chi connectivity index (χ0n) is 17.7. The molecule has 0 fully saturated rings. The topological polar surface area (TPSA) is 178 Å². The first kappa shape index (κ1) is 24.7. The van der Waals surface area contributed by atoms with Crippen LogP contribution in [0.5, 0.6) is 11.5 Å². The molecule has 0 heterocycles. The van der Waals surface area contributed by atoms with Gasteiger partial charge in [-0.25, -0.2) is 0 Å². The molecule has 0 spiro atoms. The van der Waals surface area contributed by atoms with Gasteiger partial charge in [0.05, 0.1) is 30.5 Å². The first-order chi connectivity index (χ1) is 14.7. The predicted octanol–water partition coefficient (Wildman–Crippen LogP) is 3.36. The van der Waals surface area contributed by atoms with Gasteiger partial charge in [0.15, 0.2) is 0 Å². The average molecular weight is 428 g/mol. The Labute approximate surface area is 180 Å². The van der Waals surface area contributed by atoms with Crippen molar-refractivity contribution in [2.24, 2.45) is 0 Å². The Morgan fingerprint density at radius 1 is 0.774 bits per heavy atom. The van der Waals surface area contributed by atoms with E-state index in [-0.39, 0.29) is 5.69 Å². The number of nitrogen functional groups attached to an aromatic ring is 4. The van der Waals surface area contributed by atoms with E-state index in [4.69, 9.17) is 32.4 Å². The van der Waals surface area contributed by atoms with E-state index in [0.717, 1.165) is 11.4 Å². The van der Waals surface area contributed by atoms with Crippen molar-refractivity contribution in [3.05, 3.63) is 70.8 Å². The van der Waals surface area contributed by atoms with Crippen molar-refractivity contribution in [3.63, 3.8) is 0 Å². The zero-order chi connectivity index (χ0) is 23.4. The van der Waals surface area contributed by atoms with Gasteiger partial charge in [-0.2, -0.15) is 0 Å². The second-order valence-electron chi connectivity index (χ2n) is 6.06. The van der Waals surface area contributed by atoms with Gasteiger partial charge >= 0.3 is 0 Å². The number of ether oxygens (including phenoxy) is 2. The Hall–Kier alpha value is -4.34. The normalized spacial score (nSPS) is 9.26. The third kappa shape index (κ3) is 8.28. The molecule has 0 amide bonds. The van der Waals surface area contributed by atoms with Crippen molar-refractivity contribution in [2.75, 3.05) is 49.5 Å². The number of benzene rings is 3. The van der Waals surface area contributed by atoms with Crippen LogP contribution in [0.4, 0.5) is 34.1 Å². The summed E-state index contributed by atoms with van der Waals surface area (Å²) in [4.78, 5) is 9.62. The van der Waals surface area contributed by atoms with E-state index in [1.54, 1.807) is 12.1 Å². The lowest BCUT2D eigenvalue weighted by atomic mass is 10.2. The zero-order valence-corrected chi connectivity index (χ0v) is 17.7. The molecular formula is C21H28N6O4. The Balaban J connectivity index is 0.000000235. The fraction of sp³-hybridized carbons (Fsp3) is 0.143. The minimum Gasteiger partial charge on any atom is -0.495 e. The largest absolute Gasteiger partial charge is 0.495 e. The monoisotopic (exact) mass is 428 g/mol. The number of hydrogen-bond acceptors (Lipinski definition) is 9. The van der Waals surface area contributed by atoms with Crippen LogP contribution in [0.3, 0.4) is 0 Å². The maximum Gasteiger partial charge on any atom is 0.269 e. The van der Waals surface area contributed by atoms with Gasteiger partial charge in [-0.3, -0.25) is 10.1 Å². The highest BCUT2D eigenvalue weighted by Crippen LogP contribution is 2.32. The average Bonchev–Trinajstić information content (AvgIpc) is 2.76. The van der Waals surface area contributed by atoms with E-state index in [0.29, 0.717) is 28.6 Å². The third-order valence-electron chi connectivity index (χ3n) is 3.89. The number of nitrogens with one attached hydrogen (secondary N) is 1. The third-order valence-corrected chi connectivity index (χ3v) is 3.89. The van der Waals surface area contributed by atoms with E-state index in [1.807, 2.05) is 31.3 Å². The van der Waals surface area contributed by atoms with Crippen LogP contribution in [0.25, 0.3) is 0 Å². The SMILES string of the molecule is CNc1ccc(N)cc1.COc1cc(N)c(OC)cc1N.Nc1ccc([N+](=O)[O-])cc1. The number of hydrogen-bond donors (Lipinski definition) is 5. The Kier molecular flexibility index (Phi) is 9.78. The number of nitro groups is 1. The maximum atomic E-state index is 10.1. The molecule has 0 aromatic heterocycles. The van der Waals surface area contributed by atoms with Crippen LogP contribution < -0.4 is 37.7 Å². The summed E-state index contributed by atoms with van der Waals surface area (Å²) in [5.41, 5.74) is 25.5. The summed E-state index contributed by atoms with van der Waals surface area (Å²) >= 11 is 0. The van der Waals surface area contributed by atoms with Crippen LogP contribution in [0.2, 0.25) is 0 Å². The van der Waals surface area contributed by atoms with Crippen molar-refractivity contribution < 1.29 is 14.4 Å². The first-order valence-electron chi connectivity index (χ1n) is 9.02. The summed E-state index contributed by atoms with van der Waals surface area (Å²) < 4.78 is 9.93. The van der Waals surface area contributed by atoms with Gasteiger partial charge in [-0.1, -0.05) is 0 Å². The van der Waals surface area contributed by atoms with Crippen LogP contribution in [0.15, 0.2) is 60.7 Å². The van der Waals surface area contributed by atoms with Crippen molar-refractivity contribution in [2.45, 2.75) is 0 Å². The molecule has 0 bridgehead atoms. The van der Waals surface area contributed by atoms with Gasteiger partial charge in [0.1, 0.15) is 11.5 Å². The molecule has 0 aliphatic rings. The summed E-state index contributed by atoms with van der Waals surface area (Å²) in [5.74, 6) is 1.13. The van der Waals surface area contributed by atoms with Gasteiger partial charge in [0.25, 0.3) is 5.69 Å². The molecule has 3 rings (SSSR count). The smallest absolute Gasteiger partial charge is 0.269 e. The summed E-state index contributed by atoms with van der Waals surface area (Å²) in [7, 11) is 4.96. The van der Waals surface area contributed by atoms with Crippen LogP contribution in [-0.4, -0.2) is 26.2 Å². The lowest BCUT2D eigenvalue weighted by molar-refractivity contribution is -0.384. The minimum atomic E-state index is -0.459.